The van der Waals surface area contributed by atoms with Gasteiger partial charge in [-0.3, -0.25) is 0 Å². The van der Waals surface area contributed by atoms with E-state index in [-0.39, 0.29) is 19.1 Å². The van der Waals surface area contributed by atoms with Gasteiger partial charge in [0.05, 0.1) is 0 Å². The van der Waals surface area contributed by atoms with Crippen LogP contribution in [0.3, 0.4) is 0 Å². The van der Waals surface area contributed by atoms with Crippen LogP contribution in [0.4, 0.5) is 4.79 Å². The van der Waals surface area contributed by atoms with Crippen molar-refractivity contribution in [1.29, 1.82) is 0 Å². The van der Waals surface area contributed by atoms with E-state index in [4.69, 9.17) is 15.3 Å². The molecule has 2 aromatic carbocycles. The lowest BCUT2D eigenvalue weighted by molar-refractivity contribution is -0.152. The third-order valence-corrected chi connectivity index (χ3v) is 3.81. The fourth-order valence-corrected chi connectivity index (χ4v) is 2.43. The maximum Gasteiger partial charge on any atom is 0.425 e. The third kappa shape index (κ3) is 5.60. The highest BCUT2D eigenvalue weighted by Gasteiger charge is 2.33. The van der Waals surface area contributed by atoms with E-state index in [1.807, 2.05) is 60.7 Å². The van der Waals surface area contributed by atoms with Crippen molar-refractivity contribution in [3.05, 3.63) is 71.8 Å². The molecule has 138 valence electrons. The highest BCUT2D eigenvalue weighted by atomic mass is 16.6. The van der Waals surface area contributed by atoms with Crippen LogP contribution in [0.5, 0.6) is 0 Å². The summed E-state index contributed by atoms with van der Waals surface area (Å²) < 4.78 is 10.5. The maximum atomic E-state index is 12.4. The van der Waals surface area contributed by atoms with Gasteiger partial charge in [0.2, 0.25) is 0 Å². The number of nitrogens with zero attached hydrogens (tertiary/aromatic N) is 1. The smallest absolute Gasteiger partial charge is 0.425 e. The number of carbonyl (C=O) groups excluding carboxylic acids is 2. The molecule has 26 heavy (non-hydrogen) atoms. The van der Waals surface area contributed by atoms with Gasteiger partial charge in [-0.05, 0) is 17.0 Å². The number of carbonyl (C=O) groups is 2. The van der Waals surface area contributed by atoms with E-state index in [0.29, 0.717) is 0 Å². The first-order valence-corrected chi connectivity index (χ1v) is 8.44. The number of hydrogen-bond donors (Lipinski definition) is 1. The molecule has 0 aliphatic carbocycles. The monoisotopic (exact) mass is 356 g/mol. The largest absolute Gasteiger partial charge is 0.459 e. The fraction of sp³-hybridized carbons (Fsp3) is 0.300. The summed E-state index contributed by atoms with van der Waals surface area (Å²) in [7, 11) is 0. The number of rotatable bonds is 7. The minimum absolute atomic E-state index is 0.0806. The van der Waals surface area contributed by atoms with E-state index >= 15 is 0 Å². The van der Waals surface area contributed by atoms with Gasteiger partial charge in [-0.25, -0.2) is 20.4 Å². The van der Waals surface area contributed by atoms with Crippen LogP contribution in [-0.2, 0) is 27.5 Å². The molecule has 0 aliphatic rings. The summed E-state index contributed by atoms with van der Waals surface area (Å²) in [6.45, 7) is 3.78. The van der Waals surface area contributed by atoms with E-state index in [1.165, 1.54) is 0 Å². The molecule has 6 heteroatoms. The van der Waals surface area contributed by atoms with Crippen LogP contribution < -0.4 is 5.84 Å². The molecule has 0 saturated carbocycles. The highest BCUT2D eigenvalue weighted by Crippen LogP contribution is 2.13. The number of nitrogens with two attached hydrogens (primary N) is 1. The molecule has 0 aromatic heterocycles. The Morgan fingerprint density at radius 3 is 1.81 bits per heavy atom. The first-order chi connectivity index (χ1) is 12.5. The van der Waals surface area contributed by atoms with Crippen LogP contribution in [0.1, 0.15) is 25.0 Å². The minimum atomic E-state index is -0.929. The number of esters is 1. The molecule has 2 N–H and O–H groups in total. The second-order valence-corrected chi connectivity index (χ2v) is 6.23. The van der Waals surface area contributed by atoms with Crippen molar-refractivity contribution in [2.24, 2.45) is 11.8 Å². The lowest BCUT2D eigenvalue weighted by Crippen LogP contribution is -2.52. The summed E-state index contributed by atoms with van der Waals surface area (Å²) in [6.07, 6.45) is -0.774. The lowest BCUT2D eigenvalue weighted by atomic mass is 10.0. The molecule has 0 spiro atoms. The molecular formula is C20H24N2O4. The average Bonchev–Trinajstić information content (AvgIpc) is 2.66. The van der Waals surface area contributed by atoms with Gasteiger partial charge in [0, 0.05) is 0 Å². The van der Waals surface area contributed by atoms with Gasteiger partial charge < -0.3 is 9.47 Å². The molecule has 2 aromatic rings. The topological polar surface area (TPSA) is 81.9 Å². The zero-order valence-electron chi connectivity index (χ0n) is 15.0. The number of hydrazine groups is 1. The van der Waals surface area contributed by atoms with Crippen LogP contribution in [0, 0.1) is 5.92 Å². The van der Waals surface area contributed by atoms with Gasteiger partial charge in [0.1, 0.15) is 13.2 Å². The van der Waals surface area contributed by atoms with Crippen LogP contribution in [-0.4, -0.2) is 23.1 Å². The number of ether oxygens (including phenoxy) is 2. The van der Waals surface area contributed by atoms with Gasteiger partial charge >= 0.3 is 12.1 Å². The Morgan fingerprint density at radius 1 is 0.885 bits per heavy atom. The molecule has 0 radical (unpaired) electrons. The summed E-state index contributed by atoms with van der Waals surface area (Å²) >= 11 is 0. The van der Waals surface area contributed by atoms with Crippen LogP contribution >= 0.6 is 0 Å². The first-order valence-electron chi connectivity index (χ1n) is 8.44. The van der Waals surface area contributed by atoms with Crippen LogP contribution in [0.25, 0.3) is 0 Å². The van der Waals surface area contributed by atoms with Crippen molar-refractivity contribution in [1.82, 2.24) is 5.01 Å². The Labute approximate surface area is 153 Å². The molecule has 0 aliphatic heterocycles. The Balaban J connectivity index is 1.93. The molecule has 0 unspecified atom stereocenters. The molecule has 0 fully saturated rings. The molecule has 1 atom stereocenters. The van der Waals surface area contributed by atoms with Crippen molar-refractivity contribution >= 4 is 12.1 Å². The summed E-state index contributed by atoms with van der Waals surface area (Å²) in [4.78, 5) is 24.6. The van der Waals surface area contributed by atoms with E-state index in [9.17, 15) is 9.59 Å². The summed E-state index contributed by atoms with van der Waals surface area (Å²) in [5.74, 6) is 5.06. The number of amides is 1. The molecule has 2 rings (SSSR count). The zero-order chi connectivity index (χ0) is 18.9. The molecule has 0 heterocycles. The standard InChI is InChI=1S/C20H24N2O4/c1-15(2)18(19(23)25-13-16-9-5-3-6-10-16)22(21)20(24)26-14-17-11-7-4-8-12-17/h3-12,15,18H,13-14,21H2,1-2H3/t18-/m1/s1. The zero-order valence-corrected chi connectivity index (χ0v) is 15.0. The average molecular weight is 356 g/mol. The molecule has 0 bridgehead atoms. The molecule has 6 nitrogen and oxygen atoms in total. The van der Waals surface area contributed by atoms with E-state index in [2.05, 4.69) is 0 Å². The quantitative estimate of drug-likeness (QED) is 0.356. The summed E-state index contributed by atoms with van der Waals surface area (Å²) in [5, 5.41) is 0.806. The van der Waals surface area contributed by atoms with E-state index in [1.54, 1.807) is 13.8 Å². The number of benzene rings is 2. The predicted molar refractivity (Wildman–Crippen MR) is 97.5 cm³/mol. The first kappa shape index (κ1) is 19.5. The van der Waals surface area contributed by atoms with Gasteiger partial charge in [0.25, 0.3) is 0 Å². The van der Waals surface area contributed by atoms with Crippen molar-refractivity contribution in [2.75, 3.05) is 0 Å². The van der Waals surface area contributed by atoms with E-state index in [0.717, 1.165) is 16.1 Å². The summed E-state index contributed by atoms with van der Waals surface area (Å²) in [6, 6.07) is 17.6. The van der Waals surface area contributed by atoms with Gasteiger partial charge in [-0.1, -0.05) is 74.5 Å². The fourth-order valence-electron chi connectivity index (χ4n) is 2.43. The van der Waals surface area contributed by atoms with Gasteiger partial charge in [-0.2, -0.15) is 0 Å². The molecule has 1 amide bonds. The molecular weight excluding hydrogens is 332 g/mol. The minimum Gasteiger partial charge on any atom is -0.459 e. The normalized spacial score (nSPS) is 11.7. The second kappa shape index (κ2) is 9.58. The second-order valence-electron chi connectivity index (χ2n) is 6.23. The maximum absolute atomic E-state index is 12.4. The third-order valence-electron chi connectivity index (χ3n) is 3.81. The predicted octanol–water partition coefficient (Wildman–Crippen LogP) is 3.27. The Kier molecular flexibility index (Phi) is 7.17. The number of hydrogen-bond acceptors (Lipinski definition) is 5. The van der Waals surface area contributed by atoms with Crippen molar-refractivity contribution < 1.29 is 19.1 Å². The Morgan fingerprint density at radius 2 is 1.35 bits per heavy atom. The van der Waals surface area contributed by atoms with Crippen molar-refractivity contribution in [3.63, 3.8) is 0 Å². The van der Waals surface area contributed by atoms with Gasteiger partial charge in [0.15, 0.2) is 6.04 Å². The Hall–Kier alpha value is -2.86. The van der Waals surface area contributed by atoms with Gasteiger partial charge in [-0.15, -0.1) is 0 Å². The van der Waals surface area contributed by atoms with Crippen molar-refractivity contribution in [3.8, 4) is 0 Å². The van der Waals surface area contributed by atoms with Crippen molar-refractivity contribution in [2.45, 2.75) is 33.1 Å². The molecule has 0 saturated heterocycles. The van der Waals surface area contributed by atoms with Crippen LogP contribution in [0.15, 0.2) is 60.7 Å². The summed E-state index contributed by atoms with van der Waals surface area (Å²) in [5.41, 5.74) is 1.69. The van der Waals surface area contributed by atoms with Crippen LogP contribution in [0.2, 0.25) is 0 Å². The highest BCUT2D eigenvalue weighted by molar-refractivity contribution is 5.81. The SMILES string of the molecule is CC(C)[C@H](C(=O)OCc1ccccc1)N(N)C(=O)OCc1ccccc1. The lowest BCUT2D eigenvalue weighted by Gasteiger charge is -2.28. The van der Waals surface area contributed by atoms with E-state index < -0.39 is 18.1 Å². The Bertz CT molecular complexity index is 704.